The molecule has 0 radical (unpaired) electrons. The average molecular weight is 314 g/mol. The van der Waals surface area contributed by atoms with Gasteiger partial charge in [0.2, 0.25) is 0 Å². The molecule has 6 heteroatoms. The summed E-state index contributed by atoms with van der Waals surface area (Å²) in [7, 11) is -1.52. The number of benzene rings is 2. The smallest absolute Gasteiger partial charge is 0.301 e. The third-order valence-electron chi connectivity index (χ3n) is 3.18. The van der Waals surface area contributed by atoms with Gasteiger partial charge < -0.3 is 4.42 Å². The van der Waals surface area contributed by atoms with Crippen LogP contribution < -0.4 is 10.3 Å². The maximum absolute atomic E-state index is 12.1. The van der Waals surface area contributed by atoms with Crippen LogP contribution in [0.2, 0.25) is 0 Å². The molecule has 5 nitrogen and oxygen atoms in total. The molecule has 0 aliphatic heterocycles. The van der Waals surface area contributed by atoms with Crippen LogP contribution >= 0.6 is 0 Å². The van der Waals surface area contributed by atoms with E-state index in [1.165, 1.54) is 0 Å². The van der Waals surface area contributed by atoms with Crippen LogP contribution in [0.15, 0.2) is 63.9 Å². The monoisotopic (exact) mass is 314 g/mol. The fraction of sp³-hybridized carbons (Fsp3) is 0.0625. The van der Waals surface area contributed by atoms with Crippen LogP contribution in [-0.2, 0) is 11.0 Å². The van der Waals surface area contributed by atoms with E-state index in [0.717, 1.165) is 10.9 Å². The standard InChI is InChI=1S/C16H14N2O3S/c1-11-6-5-7-12-10-14(21-15(11)12)16(19)17-18-22(20)13-8-3-2-4-9-13/h2-10,18H,1H3,(H,17,19). The lowest BCUT2D eigenvalue weighted by Gasteiger charge is -2.05. The van der Waals surface area contributed by atoms with Gasteiger partial charge in [-0.1, -0.05) is 36.4 Å². The first-order chi connectivity index (χ1) is 10.6. The Morgan fingerprint density at radius 1 is 1.09 bits per heavy atom. The Hall–Kier alpha value is -2.44. The summed E-state index contributed by atoms with van der Waals surface area (Å²) in [6.07, 6.45) is 0. The summed E-state index contributed by atoms with van der Waals surface area (Å²) in [5.41, 5.74) is 4.03. The van der Waals surface area contributed by atoms with Crippen LogP contribution in [0.4, 0.5) is 0 Å². The molecular formula is C16H14N2O3S. The third kappa shape index (κ3) is 2.93. The van der Waals surface area contributed by atoms with Crippen molar-refractivity contribution in [3.8, 4) is 0 Å². The van der Waals surface area contributed by atoms with Crippen molar-refractivity contribution in [2.75, 3.05) is 0 Å². The molecule has 1 heterocycles. The molecule has 22 heavy (non-hydrogen) atoms. The van der Waals surface area contributed by atoms with E-state index >= 15 is 0 Å². The lowest BCUT2D eigenvalue weighted by Crippen LogP contribution is -2.38. The van der Waals surface area contributed by atoms with Gasteiger partial charge >= 0.3 is 5.91 Å². The van der Waals surface area contributed by atoms with E-state index in [4.69, 9.17) is 4.42 Å². The summed E-state index contributed by atoms with van der Waals surface area (Å²) in [6.45, 7) is 1.91. The molecule has 0 aliphatic rings. The van der Waals surface area contributed by atoms with Gasteiger partial charge in [-0.2, -0.15) is 0 Å². The average Bonchev–Trinajstić information content (AvgIpc) is 2.99. The van der Waals surface area contributed by atoms with Gasteiger partial charge in [-0.3, -0.25) is 10.2 Å². The Morgan fingerprint density at radius 3 is 2.59 bits per heavy atom. The lowest BCUT2D eigenvalue weighted by molar-refractivity contribution is 0.0920. The Kier molecular flexibility index (Phi) is 4.04. The number of furan rings is 1. The predicted molar refractivity (Wildman–Crippen MR) is 84.4 cm³/mol. The lowest BCUT2D eigenvalue weighted by atomic mass is 10.2. The van der Waals surface area contributed by atoms with E-state index in [1.807, 2.05) is 31.2 Å². The van der Waals surface area contributed by atoms with Crippen molar-refractivity contribution in [2.45, 2.75) is 11.8 Å². The van der Waals surface area contributed by atoms with Crippen molar-refractivity contribution in [1.82, 2.24) is 10.3 Å². The molecule has 0 saturated heterocycles. The van der Waals surface area contributed by atoms with Gasteiger partial charge in [0.25, 0.3) is 0 Å². The summed E-state index contributed by atoms with van der Waals surface area (Å²) in [4.78, 5) is 15.1. The van der Waals surface area contributed by atoms with E-state index in [1.54, 1.807) is 30.3 Å². The SMILES string of the molecule is Cc1cccc2cc(C(=O)NNS(=O)c3ccccc3)oc12. The predicted octanol–water partition coefficient (Wildman–Crippen LogP) is 2.70. The number of rotatable bonds is 4. The topological polar surface area (TPSA) is 71.3 Å². The summed E-state index contributed by atoms with van der Waals surface area (Å²) < 4.78 is 17.5. The molecule has 1 amide bonds. The molecule has 3 aromatic rings. The van der Waals surface area contributed by atoms with Crippen LogP contribution in [0, 0.1) is 6.92 Å². The Balaban J connectivity index is 1.71. The minimum Gasteiger partial charge on any atom is -0.451 e. The molecule has 0 bridgehead atoms. The van der Waals surface area contributed by atoms with Crippen LogP contribution in [0.3, 0.4) is 0 Å². The zero-order valence-electron chi connectivity index (χ0n) is 11.8. The van der Waals surface area contributed by atoms with Gasteiger partial charge in [0, 0.05) is 5.39 Å². The molecule has 2 N–H and O–H groups in total. The first-order valence-electron chi connectivity index (χ1n) is 6.67. The number of nitrogens with one attached hydrogen (secondary N) is 2. The summed E-state index contributed by atoms with van der Waals surface area (Å²) in [5, 5.41) is 0.856. The number of carbonyl (C=O) groups is 1. The summed E-state index contributed by atoms with van der Waals surface area (Å²) in [6, 6.07) is 16.1. The molecule has 112 valence electrons. The number of fused-ring (bicyclic) bond motifs is 1. The Labute approximate surface area is 129 Å². The van der Waals surface area contributed by atoms with E-state index in [9.17, 15) is 9.00 Å². The molecule has 1 unspecified atom stereocenters. The molecule has 1 aromatic heterocycles. The van der Waals surface area contributed by atoms with Gasteiger partial charge in [0.05, 0.1) is 4.90 Å². The maximum atomic E-state index is 12.1. The number of aryl methyl sites for hydroxylation is 1. The zero-order valence-corrected chi connectivity index (χ0v) is 12.6. The minimum absolute atomic E-state index is 0.168. The van der Waals surface area contributed by atoms with E-state index in [-0.39, 0.29) is 5.76 Å². The van der Waals surface area contributed by atoms with Gasteiger partial charge in [0.1, 0.15) is 16.6 Å². The third-order valence-corrected chi connectivity index (χ3v) is 4.17. The molecule has 0 saturated carbocycles. The second-order valence-electron chi connectivity index (χ2n) is 4.74. The van der Waals surface area contributed by atoms with Crippen LogP contribution in [0.1, 0.15) is 16.1 Å². The summed E-state index contributed by atoms with van der Waals surface area (Å²) >= 11 is 0. The van der Waals surface area contributed by atoms with Crippen LogP contribution in [0.25, 0.3) is 11.0 Å². The maximum Gasteiger partial charge on any atom is 0.301 e. The number of hydrogen-bond donors (Lipinski definition) is 2. The van der Waals surface area contributed by atoms with Crippen LogP contribution in [0.5, 0.6) is 0 Å². The molecule has 2 aromatic carbocycles. The van der Waals surface area contributed by atoms with Crippen molar-refractivity contribution in [3.05, 3.63) is 65.9 Å². The van der Waals surface area contributed by atoms with Gasteiger partial charge in [-0.15, -0.1) is 4.83 Å². The highest BCUT2D eigenvalue weighted by Gasteiger charge is 2.14. The van der Waals surface area contributed by atoms with Gasteiger partial charge in [-0.05, 0) is 30.7 Å². The molecule has 0 fully saturated rings. The molecule has 0 spiro atoms. The second-order valence-corrected chi connectivity index (χ2v) is 5.95. The van der Waals surface area contributed by atoms with Gasteiger partial charge in [0.15, 0.2) is 5.76 Å². The van der Waals surface area contributed by atoms with Crippen molar-refractivity contribution in [2.24, 2.45) is 0 Å². The number of amides is 1. The zero-order chi connectivity index (χ0) is 15.5. The van der Waals surface area contributed by atoms with E-state index in [0.29, 0.717) is 10.5 Å². The van der Waals surface area contributed by atoms with Gasteiger partial charge in [-0.25, -0.2) is 4.21 Å². The fourth-order valence-electron chi connectivity index (χ4n) is 2.08. The number of carbonyl (C=O) groups excluding carboxylic acids is 1. The highest BCUT2D eigenvalue weighted by Crippen LogP contribution is 2.22. The largest absolute Gasteiger partial charge is 0.451 e. The molecule has 1 atom stereocenters. The molecular weight excluding hydrogens is 300 g/mol. The van der Waals surface area contributed by atoms with Crippen molar-refractivity contribution in [1.29, 1.82) is 0 Å². The van der Waals surface area contributed by atoms with Crippen molar-refractivity contribution >= 4 is 27.9 Å². The normalized spacial score (nSPS) is 12.2. The minimum atomic E-state index is -1.52. The molecule has 0 aliphatic carbocycles. The second kappa shape index (κ2) is 6.13. The number of para-hydroxylation sites is 1. The summed E-state index contributed by atoms with van der Waals surface area (Å²) in [5.74, 6) is -0.304. The fourth-order valence-corrected chi connectivity index (χ4v) is 2.79. The molecule has 3 rings (SSSR count). The number of hydrazine groups is 1. The van der Waals surface area contributed by atoms with Crippen molar-refractivity contribution < 1.29 is 13.4 Å². The van der Waals surface area contributed by atoms with E-state index < -0.39 is 16.9 Å². The first-order valence-corrected chi connectivity index (χ1v) is 7.82. The van der Waals surface area contributed by atoms with Crippen LogP contribution in [-0.4, -0.2) is 10.1 Å². The quantitative estimate of drug-likeness (QED) is 0.727. The highest BCUT2D eigenvalue weighted by molar-refractivity contribution is 7.83. The Morgan fingerprint density at radius 2 is 1.86 bits per heavy atom. The highest BCUT2D eigenvalue weighted by atomic mass is 32.2. The van der Waals surface area contributed by atoms with E-state index in [2.05, 4.69) is 10.3 Å². The van der Waals surface area contributed by atoms with Crippen molar-refractivity contribution in [3.63, 3.8) is 0 Å². The first kappa shape index (κ1) is 14.5. The Bertz CT molecular complexity index is 843. The number of hydrogen-bond acceptors (Lipinski definition) is 3.